The second-order valence-corrected chi connectivity index (χ2v) is 4.34. The number of pyridine rings is 1. The van der Waals surface area contributed by atoms with Crippen molar-refractivity contribution < 1.29 is 19.4 Å². The summed E-state index contributed by atoms with van der Waals surface area (Å²) in [7, 11) is 0. The first-order valence-electron chi connectivity index (χ1n) is 6.25. The second-order valence-electron chi connectivity index (χ2n) is 4.34. The lowest BCUT2D eigenvalue weighted by Crippen LogP contribution is -2.17. The van der Waals surface area contributed by atoms with Crippen LogP contribution >= 0.6 is 0 Å². The third-order valence-corrected chi connectivity index (χ3v) is 2.69. The fourth-order valence-corrected chi connectivity index (χ4v) is 1.69. The summed E-state index contributed by atoms with van der Waals surface area (Å²) in [6, 6.07) is 12.3. The fraction of sp³-hybridized carbons (Fsp3) is 0.133. The Labute approximate surface area is 121 Å². The van der Waals surface area contributed by atoms with E-state index >= 15 is 0 Å². The molecule has 0 aliphatic rings. The molecule has 2 aromatic rings. The van der Waals surface area contributed by atoms with E-state index in [-0.39, 0.29) is 18.0 Å². The third kappa shape index (κ3) is 4.04. The molecule has 0 unspecified atom stereocenters. The minimum atomic E-state index is -1.21. The van der Waals surface area contributed by atoms with Crippen molar-refractivity contribution in [1.82, 2.24) is 4.98 Å². The molecule has 2 N–H and O–H groups in total. The van der Waals surface area contributed by atoms with Crippen molar-refractivity contribution in [1.29, 1.82) is 0 Å². The van der Waals surface area contributed by atoms with Gasteiger partial charge in [0.2, 0.25) is 0 Å². The number of benzene rings is 1. The standard InChI is InChI=1S/C15H14N2O4/c1-10-7-8-12(13(16-10)14(18)19)17-15(20)21-9-11-5-3-2-4-6-11/h2-8H,9H2,1H3,(H,17,20)(H,18,19). The minimum absolute atomic E-state index is 0.103. The number of carboxylic acid groups (broad SMARTS) is 1. The van der Waals surface area contributed by atoms with Gasteiger partial charge in [-0.05, 0) is 24.6 Å². The molecule has 108 valence electrons. The summed E-state index contributed by atoms with van der Waals surface area (Å²) in [5, 5.41) is 11.4. The topological polar surface area (TPSA) is 88.5 Å². The summed E-state index contributed by atoms with van der Waals surface area (Å²) >= 11 is 0. The van der Waals surface area contributed by atoms with Crippen molar-refractivity contribution in [3.63, 3.8) is 0 Å². The van der Waals surface area contributed by atoms with E-state index in [1.54, 1.807) is 13.0 Å². The Morgan fingerprint density at radius 2 is 1.90 bits per heavy atom. The Morgan fingerprint density at radius 3 is 2.57 bits per heavy atom. The molecule has 0 fully saturated rings. The predicted molar refractivity (Wildman–Crippen MR) is 76.2 cm³/mol. The zero-order valence-electron chi connectivity index (χ0n) is 11.4. The summed E-state index contributed by atoms with van der Waals surface area (Å²) < 4.78 is 5.03. The summed E-state index contributed by atoms with van der Waals surface area (Å²) in [6.45, 7) is 1.78. The number of carboxylic acids is 1. The molecule has 1 aromatic heterocycles. The molecule has 1 amide bonds. The lowest BCUT2D eigenvalue weighted by Gasteiger charge is -2.09. The molecule has 0 saturated carbocycles. The largest absolute Gasteiger partial charge is 0.476 e. The number of carbonyl (C=O) groups is 2. The van der Waals surface area contributed by atoms with Crippen LogP contribution in [0, 0.1) is 6.92 Å². The Morgan fingerprint density at radius 1 is 1.19 bits per heavy atom. The summed E-state index contributed by atoms with van der Waals surface area (Å²) in [6.07, 6.45) is -0.730. The second kappa shape index (κ2) is 6.51. The van der Waals surface area contributed by atoms with Gasteiger partial charge in [-0.25, -0.2) is 14.6 Å². The van der Waals surface area contributed by atoms with Gasteiger partial charge in [0.25, 0.3) is 0 Å². The quantitative estimate of drug-likeness (QED) is 0.902. The lowest BCUT2D eigenvalue weighted by molar-refractivity contribution is 0.0691. The molecule has 21 heavy (non-hydrogen) atoms. The van der Waals surface area contributed by atoms with Crippen molar-refractivity contribution in [2.75, 3.05) is 5.32 Å². The molecule has 2 rings (SSSR count). The van der Waals surface area contributed by atoms with Crippen LogP contribution in [0.5, 0.6) is 0 Å². The van der Waals surface area contributed by atoms with Crippen LogP contribution in [0.3, 0.4) is 0 Å². The van der Waals surface area contributed by atoms with Gasteiger partial charge in [0.05, 0.1) is 5.69 Å². The minimum Gasteiger partial charge on any atom is -0.476 e. The highest BCUT2D eigenvalue weighted by Gasteiger charge is 2.15. The Kier molecular flexibility index (Phi) is 4.50. The van der Waals surface area contributed by atoms with E-state index in [4.69, 9.17) is 9.84 Å². The molecule has 0 bridgehead atoms. The van der Waals surface area contributed by atoms with Crippen molar-refractivity contribution in [2.24, 2.45) is 0 Å². The van der Waals surface area contributed by atoms with Gasteiger partial charge >= 0.3 is 12.1 Å². The zero-order valence-corrected chi connectivity index (χ0v) is 11.4. The molecule has 1 heterocycles. The molecule has 0 radical (unpaired) electrons. The molecular formula is C15H14N2O4. The van der Waals surface area contributed by atoms with E-state index in [1.165, 1.54) is 6.07 Å². The van der Waals surface area contributed by atoms with Crippen LogP contribution in [-0.2, 0) is 11.3 Å². The maximum absolute atomic E-state index is 11.7. The highest BCUT2D eigenvalue weighted by Crippen LogP contribution is 2.14. The first kappa shape index (κ1) is 14.5. The number of aromatic nitrogens is 1. The van der Waals surface area contributed by atoms with Gasteiger partial charge in [0.15, 0.2) is 5.69 Å². The van der Waals surface area contributed by atoms with E-state index in [0.717, 1.165) is 5.56 Å². The number of rotatable bonds is 4. The fourth-order valence-electron chi connectivity index (χ4n) is 1.69. The summed E-state index contributed by atoms with van der Waals surface area (Å²) in [4.78, 5) is 26.6. The number of aromatic carboxylic acids is 1. The van der Waals surface area contributed by atoms with Crippen molar-refractivity contribution in [2.45, 2.75) is 13.5 Å². The van der Waals surface area contributed by atoms with E-state index in [2.05, 4.69) is 10.3 Å². The molecule has 0 aliphatic carbocycles. The smallest absolute Gasteiger partial charge is 0.412 e. The molecule has 0 saturated heterocycles. The molecule has 0 aliphatic heterocycles. The van der Waals surface area contributed by atoms with Gasteiger partial charge in [0.1, 0.15) is 6.61 Å². The van der Waals surface area contributed by atoms with Crippen LogP contribution in [0.4, 0.5) is 10.5 Å². The zero-order chi connectivity index (χ0) is 15.2. The maximum atomic E-state index is 11.7. The number of hydrogen-bond donors (Lipinski definition) is 2. The van der Waals surface area contributed by atoms with Gasteiger partial charge in [0, 0.05) is 5.69 Å². The van der Waals surface area contributed by atoms with Crippen molar-refractivity contribution in [3.8, 4) is 0 Å². The molecular weight excluding hydrogens is 272 g/mol. The molecule has 6 nitrogen and oxygen atoms in total. The van der Waals surface area contributed by atoms with Crippen LogP contribution in [0.15, 0.2) is 42.5 Å². The molecule has 6 heteroatoms. The third-order valence-electron chi connectivity index (χ3n) is 2.69. The summed E-state index contributed by atoms with van der Waals surface area (Å²) in [5.74, 6) is -1.21. The number of anilines is 1. The Bertz CT molecular complexity index is 656. The van der Waals surface area contributed by atoms with E-state index in [0.29, 0.717) is 5.69 Å². The highest BCUT2D eigenvalue weighted by atomic mass is 16.5. The monoisotopic (exact) mass is 286 g/mol. The predicted octanol–water partition coefficient (Wildman–Crippen LogP) is 2.84. The van der Waals surface area contributed by atoms with Crippen molar-refractivity contribution >= 4 is 17.7 Å². The van der Waals surface area contributed by atoms with E-state index in [9.17, 15) is 9.59 Å². The van der Waals surface area contributed by atoms with Crippen LogP contribution in [-0.4, -0.2) is 22.2 Å². The average Bonchev–Trinajstić information content (AvgIpc) is 2.48. The first-order chi connectivity index (χ1) is 10.1. The van der Waals surface area contributed by atoms with Crippen LogP contribution in [0.1, 0.15) is 21.7 Å². The average molecular weight is 286 g/mol. The highest BCUT2D eigenvalue weighted by molar-refractivity contribution is 5.97. The van der Waals surface area contributed by atoms with Gasteiger partial charge < -0.3 is 9.84 Å². The van der Waals surface area contributed by atoms with E-state index < -0.39 is 12.1 Å². The van der Waals surface area contributed by atoms with Gasteiger partial charge in [-0.15, -0.1) is 0 Å². The molecule has 0 atom stereocenters. The van der Waals surface area contributed by atoms with Gasteiger partial charge in [-0.3, -0.25) is 5.32 Å². The van der Waals surface area contributed by atoms with Gasteiger partial charge in [-0.1, -0.05) is 30.3 Å². The normalized spacial score (nSPS) is 9.95. The van der Waals surface area contributed by atoms with Crippen LogP contribution in [0.2, 0.25) is 0 Å². The number of nitrogens with one attached hydrogen (secondary N) is 1. The lowest BCUT2D eigenvalue weighted by atomic mass is 10.2. The number of hydrogen-bond acceptors (Lipinski definition) is 4. The Balaban J connectivity index is 2.01. The first-order valence-corrected chi connectivity index (χ1v) is 6.25. The molecule has 1 aromatic carbocycles. The van der Waals surface area contributed by atoms with Crippen LogP contribution < -0.4 is 5.32 Å². The number of ether oxygens (including phenoxy) is 1. The number of nitrogens with zero attached hydrogens (tertiary/aromatic N) is 1. The Hall–Kier alpha value is -2.89. The van der Waals surface area contributed by atoms with E-state index in [1.807, 2.05) is 30.3 Å². The van der Waals surface area contributed by atoms with Crippen molar-refractivity contribution in [3.05, 3.63) is 59.4 Å². The summed E-state index contributed by atoms with van der Waals surface area (Å²) in [5.41, 5.74) is 1.28. The number of aryl methyl sites for hydroxylation is 1. The van der Waals surface area contributed by atoms with Crippen LogP contribution in [0.25, 0.3) is 0 Å². The SMILES string of the molecule is Cc1ccc(NC(=O)OCc2ccccc2)c(C(=O)O)n1. The maximum Gasteiger partial charge on any atom is 0.412 e. The molecule has 0 spiro atoms. The number of carbonyl (C=O) groups excluding carboxylic acids is 1. The number of amides is 1. The van der Waals surface area contributed by atoms with Gasteiger partial charge in [-0.2, -0.15) is 0 Å².